The number of hydrogen-bond donors (Lipinski definition) is 2. The van der Waals surface area contributed by atoms with Crippen LogP contribution in [0.25, 0.3) is 0 Å². The molecule has 0 aliphatic heterocycles. The van der Waals surface area contributed by atoms with Gasteiger partial charge in [0.25, 0.3) is 5.91 Å². The Hall–Kier alpha value is -2.27. The van der Waals surface area contributed by atoms with Crippen molar-refractivity contribution < 1.29 is 9.53 Å². The van der Waals surface area contributed by atoms with Crippen molar-refractivity contribution in [1.82, 2.24) is 4.98 Å². The molecule has 0 unspecified atom stereocenters. The Morgan fingerprint density at radius 1 is 1.45 bits per heavy atom. The largest absolute Gasteiger partial charge is 0.491 e. The molecule has 2 aromatic rings. The third-order valence-corrected chi connectivity index (χ3v) is 2.78. The monoisotopic (exact) mass is 291 g/mol. The van der Waals surface area contributed by atoms with Gasteiger partial charge in [-0.1, -0.05) is 17.7 Å². The summed E-state index contributed by atoms with van der Waals surface area (Å²) in [6, 6.07) is 8.20. The molecule has 6 heteroatoms. The van der Waals surface area contributed by atoms with Gasteiger partial charge in [0.1, 0.15) is 5.82 Å². The van der Waals surface area contributed by atoms with Gasteiger partial charge in [0.15, 0.2) is 5.75 Å². The van der Waals surface area contributed by atoms with Crippen LogP contribution >= 0.6 is 11.6 Å². The number of nitrogen functional groups attached to an aromatic ring is 1. The number of carbonyl (C=O) groups excluding carboxylic acids is 1. The molecular formula is C14H14ClN3O2. The predicted molar refractivity (Wildman–Crippen MR) is 79.2 cm³/mol. The Labute approximate surface area is 121 Å². The number of benzene rings is 1. The second-order valence-electron chi connectivity index (χ2n) is 3.97. The summed E-state index contributed by atoms with van der Waals surface area (Å²) in [6.07, 6.45) is 1.51. The van der Waals surface area contributed by atoms with E-state index in [9.17, 15) is 4.79 Å². The summed E-state index contributed by atoms with van der Waals surface area (Å²) in [5, 5.41) is 3.15. The Bertz CT molecular complexity index is 632. The number of amides is 1. The van der Waals surface area contributed by atoms with E-state index < -0.39 is 0 Å². The van der Waals surface area contributed by atoms with Crippen LogP contribution in [0.5, 0.6) is 5.75 Å². The summed E-state index contributed by atoms with van der Waals surface area (Å²) in [5.41, 5.74) is 6.59. The van der Waals surface area contributed by atoms with Gasteiger partial charge < -0.3 is 15.8 Å². The SMILES string of the molecule is CCOc1c(N)cccc1C(=O)Nc1cc(Cl)ccn1. The van der Waals surface area contributed by atoms with Crippen LogP contribution in [0.1, 0.15) is 17.3 Å². The molecule has 0 fully saturated rings. The normalized spacial score (nSPS) is 10.1. The van der Waals surface area contributed by atoms with Crippen LogP contribution in [0, 0.1) is 0 Å². The van der Waals surface area contributed by atoms with E-state index in [0.29, 0.717) is 34.4 Å². The summed E-state index contributed by atoms with van der Waals surface area (Å²) in [6.45, 7) is 2.25. The van der Waals surface area contributed by atoms with Crippen LogP contribution in [-0.2, 0) is 0 Å². The molecule has 2 rings (SSSR count). The van der Waals surface area contributed by atoms with E-state index in [4.69, 9.17) is 22.1 Å². The third kappa shape index (κ3) is 3.19. The highest BCUT2D eigenvalue weighted by Crippen LogP contribution is 2.27. The van der Waals surface area contributed by atoms with Crippen LogP contribution in [0.2, 0.25) is 5.02 Å². The average Bonchev–Trinajstić information content (AvgIpc) is 2.41. The molecule has 0 spiro atoms. The topological polar surface area (TPSA) is 77.2 Å². The number of para-hydroxylation sites is 1. The van der Waals surface area contributed by atoms with E-state index in [1.165, 1.54) is 6.20 Å². The van der Waals surface area contributed by atoms with Crippen LogP contribution < -0.4 is 15.8 Å². The maximum atomic E-state index is 12.2. The Balaban J connectivity index is 2.27. The van der Waals surface area contributed by atoms with Crippen molar-refractivity contribution in [3.05, 3.63) is 47.1 Å². The molecule has 0 aliphatic rings. The smallest absolute Gasteiger partial charge is 0.260 e. The van der Waals surface area contributed by atoms with E-state index in [2.05, 4.69) is 10.3 Å². The quantitative estimate of drug-likeness (QED) is 0.849. The second kappa shape index (κ2) is 6.25. The molecule has 0 radical (unpaired) electrons. The molecule has 0 saturated carbocycles. The van der Waals surface area contributed by atoms with E-state index in [1.807, 2.05) is 6.92 Å². The lowest BCUT2D eigenvalue weighted by Crippen LogP contribution is -2.15. The van der Waals surface area contributed by atoms with Crippen molar-refractivity contribution >= 4 is 29.0 Å². The minimum atomic E-state index is -0.351. The molecule has 0 aliphatic carbocycles. The van der Waals surface area contributed by atoms with Crippen molar-refractivity contribution in [3.8, 4) is 5.75 Å². The van der Waals surface area contributed by atoms with Gasteiger partial charge in [-0.25, -0.2) is 4.98 Å². The molecule has 5 nitrogen and oxygen atoms in total. The van der Waals surface area contributed by atoms with Gasteiger partial charge in [-0.05, 0) is 31.2 Å². The van der Waals surface area contributed by atoms with E-state index in [1.54, 1.807) is 30.3 Å². The minimum absolute atomic E-state index is 0.351. The highest BCUT2D eigenvalue weighted by Gasteiger charge is 2.15. The predicted octanol–water partition coefficient (Wildman–Crippen LogP) is 2.97. The van der Waals surface area contributed by atoms with Gasteiger partial charge in [0.05, 0.1) is 17.9 Å². The molecule has 104 valence electrons. The van der Waals surface area contributed by atoms with Gasteiger partial charge in [-0.15, -0.1) is 0 Å². The number of halogens is 1. The second-order valence-corrected chi connectivity index (χ2v) is 4.41. The number of carbonyl (C=O) groups is 1. The van der Waals surface area contributed by atoms with Crippen LogP contribution in [0.4, 0.5) is 11.5 Å². The standard InChI is InChI=1S/C14H14ClN3O2/c1-2-20-13-10(4-3-5-11(13)16)14(19)18-12-8-9(15)6-7-17-12/h3-8H,2,16H2,1H3,(H,17,18,19). The lowest BCUT2D eigenvalue weighted by atomic mass is 10.1. The van der Waals surface area contributed by atoms with Crippen LogP contribution in [-0.4, -0.2) is 17.5 Å². The number of anilines is 2. The zero-order valence-electron chi connectivity index (χ0n) is 10.9. The number of nitrogens with two attached hydrogens (primary N) is 1. The molecule has 20 heavy (non-hydrogen) atoms. The fraction of sp³-hybridized carbons (Fsp3) is 0.143. The number of aromatic nitrogens is 1. The van der Waals surface area contributed by atoms with Crippen LogP contribution in [0.3, 0.4) is 0 Å². The van der Waals surface area contributed by atoms with Crippen LogP contribution in [0.15, 0.2) is 36.5 Å². The zero-order chi connectivity index (χ0) is 14.5. The summed E-state index contributed by atoms with van der Waals surface area (Å²) < 4.78 is 5.42. The molecule has 1 aromatic heterocycles. The van der Waals surface area contributed by atoms with Crippen molar-refractivity contribution in [2.45, 2.75) is 6.92 Å². The Morgan fingerprint density at radius 3 is 2.95 bits per heavy atom. The van der Waals surface area contributed by atoms with Gasteiger partial charge in [-0.2, -0.15) is 0 Å². The number of pyridine rings is 1. The van der Waals surface area contributed by atoms with E-state index in [0.717, 1.165) is 0 Å². The van der Waals surface area contributed by atoms with Crippen molar-refractivity contribution in [2.24, 2.45) is 0 Å². The first kappa shape index (κ1) is 14.1. The lowest BCUT2D eigenvalue weighted by Gasteiger charge is -2.12. The highest BCUT2D eigenvalue weighted by molar-refractivity contribution is 6.30. The van der Waals surface area contributed by atoms with Crippen molar-refractivity contribution in [3.63, 3.8) is 0 Å². The fourth-order valence-electron chi connectivity index (χ4n) is 1.70. The van der Waals surface area contributed by atoms with Crippen molar-refractivity contribution in [1.29, 1.82) is 0 Å². The first-order valence-corrected chi connectivity index (χ1v) is 6.43. The maximum Gasteiger partial charge on any atom is 0.260 e. The van der Waals surface area contributed by atoms with Gasteiger partial charge in [0.2, 0.25) is 0 Å². The molecular weight excluding hydrogens is 278 g/mol. The minimum Gasteiger partial charge on any atom is -0.491 e. The van der Waals surface area contributed by atoms with E-state index >= 15 is 0 Å². The molecule has 3 N–H and O–H groups in total. The summed E-state index contributed by atoms with van der Waals surface area (Å²) in [7, 11) is 0. The molecule has 1 aromatic carbocycles. The Kier molecular flexibility index (Phi) is 4.42. The number of hydrogen-bond acceptors (Lipinski definition) is 4. The highest BCUT2D eigenvalue weighted by atomic mass is 35.5. The first-order valence-electron chi connectivity index (χ1n) is 6.06. The molecule has 0 bridgehead atoms. The lowest BCUT2D eigenvalue weighted by molar-refractivity contribution is 0.102. The number of nitrogens with zero attached hydrogens (tertiary/aromatic N) is 1. The van der Waals surface area contributed by atoms with E-state index in [-0.39, 0.29) is 5.91 Å². The summed E-state index contributed by atoms with van der Waals surface area (Å²) in [5.74, 6) is 0.386. The summed E-state index contributed by atoms with van der Waals surface area (Å²) in [4.78, 5) is 16.3. The number of rotatable bonds is 4. The number of ether oxygens (including phenoxy) is 1. The first-order chi connectivity index (χ1) is 9.61. The van der Waals surface area contributed by atoms with Gasteiger partial charge >= 0.3 is 0 Å². The molecule has 1 amide bonds. The molecule has 0 saturated heterocycles. The fourth-order valence-corrected chi connectivity index (χ4v) is 1.86. The van der Waals surface area contributed by atoms with Crippen molar-refractivity contribution in [2.75, 3.05) is 17.7 Å². The third-order valence-electron chi connectivity index (χ3n) is 2.54. The maximum absolute atomic E-state index is 12.2. The molecule has 0 atom stereocenters. The Morgan fingerprint density at radius 2 is 2.25 bits per heavy atom. The van der Waals surface area contributed by atoms with Gasteiger partial charge in [0, 0.05) is 11.2 Å². The average molecular weight is 292 g/mol. The molecule has 1 heterocycles. The van der Waals surface area contributed by atoms with Gasteiger partial charge in [-0.3, -0.25) is 4.79 Å². The number of nitrogens with one attached hydrogen (secondary N) is 1. The zero-order valence-corrected chi connectivity index (χ0v) is 11.6. The summed E-state index contributed by atoms with van der Waals surface area (Å²) >= 11 is 5.84.